The van der Waals surface area contributed by atoms with E-state index in [0.717, 1.165) is 10.4 Å². The van der Waals surface area contributed by atoms with Crippen LogP contribution in [-0.4, -0.2) is 23.7 Å². The van der Waals surface area contributed by atoms with Crippen molar-refractivity contribution in [2.24, 2.45) is 10.9 Å². The summed E-state index contributed by atoms with van der Waals surface area (Å²) in [7, 11) is 1.50. The third-order valence-electron chi connectivity index (χ3n) is 4.42. The highest BCUT2D eigenvalue weighted by atomic mass is 32.1. The fraction of sp³-hybridized carbons (Fsp3) is 0.136. The zero-order valence-corrected chi connectivity index (χ0v) is 17.5. The Morgan fingerprint density at radius 1 is 1.27 bits per heavy atom. The van der Waals surface area contributed by atoms with Gasteiger partial charge in [0.2, 0.25) is 5.56 Å². The maximum atomic E-state index is 12.8. The summed E-state index contributed by atoms with van der Waals surface area (Å²) in [6, 6.07) is 12.3. The van der Waals surface area contributed by atoms with E-state index in [1.807, 2.05) is 30.5 Å². The lowest BCUT2D eigenvalue weighted by molar-refractivity contribution is 0.0948. The summed E-state index contributed by atoms with van der Waals surface area (Å²) in [4.78, 5) is 28.0. The second kappa shape index (κ2) is 9.71. The van der Waals surface area contributed by atoms with Gasteiger partial charge in [-0.15, -0.1) is 11.3 Å². The zero-order valence-electron chi connectivity index (χ0n) is 16.6. The molecule has 3 rings (SSSR count). The summed E-state index contributed by atoms with van der Waals surface area (Å²) < 4.78 is 5.58. The summed E-state index contributed by atoms with van der Waals surface area (Å²) in [6.45, 7) is 2.32. The number of carbonyl (C=O) groups is 1. The van der Waals surface area contributed by atoms with Crippen molar-refractivity contribution < 1.29 is 9.53 Å². The molecular weight excluding hydrogens is 400 g/mol. The lowest BCUT2D eigenvalue weighted by Gasteiger charge is -2.16. The number of hydrogen-bond acceptors (Lipinski definition) is 6. The highest BCUT2D eigenvalue weighted by molar-refractivity contribution is 7.09. The number of carbonyl (C=O) groups excluding carboxylic acids is 1. The molecule has 7 nitrogen and oxygen atoms in total. The first kappa shape index (κ1) is 21.1. The highest BCUT2D eigenvalue weighted by Gasteiger charge is 2.20. The number of hydrazone groups is 1. The number of amides is 1. The van der Waals surface area contributed by atoms with Gasteiger partial charge in [0.05, 0.1) is 24.9 Å². The number of nitrogens with one attached hydrogen (secondary N) is 2. The Balaban J connectivity index is 1.93. The third kappa shape index (κ3) is 4.84. The SMILES string of the molecule is COc1c(C(=O)NCc2cccs2)ccc(C)c1C(/C=C/c1cccc(=O)[nH]1)=N\N. The Hall–Kier alpha value is -3.65. The predicted octanol–water partition coefficient (Wildman–Crippen LogP) is 3.06. The number of nitrogens with two attached hydrogens (primary N) is 1. The highest BCUT2D eigenvalue weighted by Crippen LogP contribution is 2.28. The molecule has 0 atom stereocenters. The zero-order chi connectivity index (χ0) is 21.5. The van der Waals surface area contributed by atoms with Crippen LogP contribution in [0.2, 0.25) is 0 Å². The number of aryl methyl sites for hydroxylation is 1. The average Bonchev–Trinajstić information content (AvgIpc) is 3.27. The van der Waals surface area contributed by atoms with Crippen LogP contribution in [0.1, 0.15) is 32.1 Å². The molecule has 0 spiro atoms. The number of allylic oxidation sites excluding steroid dienone is 1. The first-order valence-electron chi connectivity index (χ1n) is 9.17. The van der Waals surface area contributed by atoms with E-state index in [4.69, 9.17) is 10.6 Å². The van der Waals surface area contributed by atoms with Crippen molar-refractivity contribution in [2.45, 2.75) is 13.5 Å². The quantitative estimate of drug-likeness (QED) is 0.309. The first-order valence-corrected chi connectivity index (χ1v) is 10.0. The van der Waals surface area contributed by atoms with Crippen LogP contribution in [0.3, 0.4) is 0 Å². The smallest absolute Gasteiger partial charge is 0.255 e. The molecule has 0 radical (unpaired) electrons. The van der Waals surface area contributed by atoms with Crippen LogP contribution in [0.25, 0.3) is 6.08 Å². The van der Waals surface area contributed by atoms with Crippen molar-refractivity contribution in [1.82, 2.24) is 10.3 Å². The van der Waals surface area contributed by atoms with Crippen LogP contribution in [0.15, 0.2) is 63.8 Å². The Morgan fingerprint density at radius 2 is 2.10 bits per heavy atom. The number of rotatable bonds is 7. The molecule has 0 bridgehead atoms. The number of pyridine rings is 1. The molecule has 0 saturated heterocycles. The minimum atomic E-state index is -0.255. The molecule has 30 heavy (non-hydrogen) atoms. The van der Waals surface area contributed by atoms with Crippen molar-refractivity contribution in [3.8, 4) is 5.75 Å². The van der Waals surface area contributed by atoms with Gasteiger partial charge in [-0.2, -0.15) is 5.10 Å². The van der Waals surface area contributed by atoms with Gasteiger partial charge >= 0.3 is 0 Å². The second-order valence-electron chi connectivity index (χ2n) is 6.42. The molecular formula is C22H22N4O3S. The average molecular weight is 423 g/mol. The number of thiophene rings is 1. The van der Waals surface area contributed by atoms with Gasteiger partial charge in [0, 0.05) is 22.2 Å². The number of hydrogen-bond donors (Lipinski definition) is 3. The topological polar surface area (TPSA) is 110 Å². The van der Waals surface area contributed by atoms with Gasteiger partial charge in [-0.25, -0.2) is 0 Å². The van der Waals surface area contributed by atoms with E-state index in [2.05, 4.69) is 15.4 Å². The predicted molar refractivity (Wildman–Crippen MR) is 120 cm³/mol. The fourth-order valence-corrected chi connectivity index (χ4v) is 3.63. The first-order chi connectivity index (χ1) is 14.5. The standard InChI is InChI=1S/C22H22N4O3S/c1-14-8-10-17(22(28)24-13-16-6-4-12-30-16)21(29-2)20(14)18(26-23)11-9-15-5-3-7-19(27)25-15/h3-12H,13,23H2,1-2H3,(H,24,28)(H,25,27)/b11-9+,26-18-. The number of ether oxygens (including phenoxy) is 1. The van der Waals surface area contributed by atoms with Crippen LogP contribution in [0, 0.1) is 6.92 Å². The Kier molecular flexibility index (Phi) is 6.82. The van der Waals surface area contributed by atoms with Crippen LogP contribution in [0.5, 0.6) is 5.75 Å². The largest absolute Gasteiger partial charge is 0.495 e. The number of H-pyrrole nitrogens is 1. The summed E-state index contributed by atoms with van der Waals surface area (Å²) in [5.41, 5.74) is 2.65. The number of nitrogens with zero attached hydrogens (tertiary/aromatic N) is 1. The van der Waals surface area contributed by atoms with Crippen molar-refractivity contribution in [3.05, 3.63) is 91.5 Å². The summed E-state index contributed by atoms with van der Waals surface area (Å²) in [5.74, 6) is 5.78. The van der Waals surface area contributed by atoms with E-state index in [1.165, 1.54) is 13.2 Å². The van der Waals surface area contributed by atoms with E-state index in [0.29, 0.717) is 34.8 Å². The van der Waals surface area contributed by atoms with E-state index in [9.17, 15) is 9.59 Å². The van der Waals surface area contributed by atoms with E-state index in [-0.39, 0.29) is 11.5 Å². The molecule has 2 aromatic heterocycles. The lowest BCUT2D eigenvalue weighted by Crippen LogP contribution is -2.24. The molecule has 0 saturated carbocycles. The van der Waals surface area contributed by atoms with Crippen molar-refractivity contribution >= 4 is 29.0 Å². The van der Waals surface area contributed by atoms with Crippen LogP contribution < -0.4 is 21.5 Å². The monoisotopic (exact) mass is 422 g/mol. The fourth-order valence-electron chi connectivity index (χ4n) is 2.99. The molecule has 4 N–H and O–H groups in total. The summed E-state index contributed by atoms with van der Waals surface area (Å²) >= 11 is 1.57. The normalized spacial score (nSPS) is 11.6. The molecule has 1 amide bonds. The van der Waals surface area contributed by atoms with Crippen LogP contribution >= 0.6 is 11.3 Å². The van der Waals surface area contributed by atoms with Gasteiger partial charge < -0.3 is 20.9 Å². The van der Waals surface area contributed by atoms with Crippen molar-refractivity contribution in [2.75, 3.05) is 7.11 Å². The Labute approximate surface area is 177 Å². The summed E-state index contributed by atoms with van der Waals surface area (Å²) in [5, 5.41) is 8.75. The second-order valence-corrected chi connectivity index (χ2v) is 7.45. The van der Waals surface area contributed by atoms with Gasteiger partial charge in [0.15, 0.2) is 0 Å². The minimum absolute atomic E-state index is 0.207. The third-order valence-corrected chi connectivity index (χ3v) is 5.30. The molecule has 0 aliphatic rings. The number of methoxy groups -OCH3 is 1. The molecule has 0 unspecified atom stereocenters. The van der Waals surface area contributed by atoms with Gasteiger partial charge in [-0.1, -0.05) is 18.2 Å². The molecule has 0 fully saturated rings. The number of aromatic amines is 1. The van der Waals surface area contributed by atoms with Gasteiger partial charge in [-0.05, 0) is 48.2 Å². The van der Waals surface area contributed by atoms with Crippen molar-refractivity contribution in [3.63, 3.8) is 0 Å². The maximum absolute atomic E-state index is 12.8. The molecule has 3 aromatic rings. The molecule has 2 heterocycles. The molecule has 8 heteroatoms. The van der Waals surface area contributed by atoms with Gasteiger partial charge in [-0.3, -0.25) is 9.59 Å². The molecule has 0 aliphatic carbocycles. The summed E-state index contributed by atoms with van der Waals surface area (Å²) in [6.07, 6.45) is 3.36. The molecule has 0 aliphatic heterocycles. The van der Waals surface area contributed by atoms with E-state index >= 15 is 0 Å². The molecule has 1 aromatic carbocycles. The van der Waals surface area contributed by atoms with Crippen LogP contribution in [-0.2, 0) is 6.54 Å². The minimum Gasteiger partial charge on any atom is -0.495 e. The van der Waals surface area contributed by atoms with Crippen LogP contribution in [0.4, 0.5) is 0 Å². The Morgan fingerprint density at radius 3 is 2.77 bits per heavy atom. The maximum Gasteiger partial charge on any atom is 0.255 e. The Bertz CT molecular complexity index is 1150. The van der Waals surface area contributed by atoms with Gasteiger partial charge in [0.25, 0.3) is 5.91 Å². The van der Waals surface area contributed by atoms with E-state index in [1.54, 1.807) is 41.7 Å². The number of aromatic nitrogens is 1. The lowest BCUT2D eigenvalue weighted by atomic mass is 9.98. The van der Waals surface area contributed by atoms with E-state index < -0.39 is 0 Å². The number of benzene rings is 1. The van der Waals surface area contributed by atoms with Gasteiger partial charge in [0.1, 0.15) is 5.75 Å². The molecule has 154 valence electrons. The van der Waals surface area contributed by atoms with Crippen molar-refractivity contribution in [1.29, 1.82) is 0 Å².